The zero-order chi connectivity index (χ0) is 24.1. The largest absolute Gasteiger partial charge is 0.490 e. The summed E-state index contributed by atoms with van der Waals surface area (Å²) in [7, 11) is 0. The number of carbonyl (C=O) groups is 2. The lowest BCUT2D eigenvalue weighted by atomic mass is 9.96. The summed E-state index contributed by atoms with van der Waals surface area (Å²) in [5.74, 6) is -1.88. The van der Waals surface area contributed by atoms with Crippen LogP contribution in [-0.4, -0.2) is 79.8 Å². The van der Waals surface area contributed by atoms with Crippen molar-refractivity contribution >= 4 is 23.4 Å². The molecule has 2 fully saturated rings. The topological polar surface area (TPSA) is 68.3 Å². The molecule has 2 aromatic rings. The normalized spacial score (nSPS) is 20.8. The lowest BCUT2D eigenvalue weighted by molar-refractivity contribution is -0.155. The average molecular weight is 495 g/mol. The van der Waals surface area contributed by atoms with Crippen LogP contribution in [0.2, 0.25) is 5.02 Å². The summed E-state index contributed by atoms with van der Waals surface area (Å²) in [5.41, 5.74) is -1.26. The van der Waals surface area contributed by atoms with Gasteiger partial charge in [-0.05, 0) is 30.3 Å². The van der Waals surface area contributed by atoms with E-state index in [-0.39, 0.29) is 44.2 Å². The van der Waals surface area contributed by atoms with Gasteiger partial charge in [-0.1, -0.05) is 17.7 Å². The molecule has 2 aromatic carbocycles. The fourth-order valence-electron chi connectivity index (χ4n) is 4.10. The molecule has 2 amide bonds. The van der Waals surface area contributed by atoms with Crippen LogP contribution in [0.25, 0.3) is 0 Å². The van der Waals surface area contributed by atoms with E-state index in [2.05, 4.69) is 0 Å². The number of benzene rings is 2. The molecule has 0 spiro atoms. The molecule has 1 atom stereocenters. The predicted molar refractivity (Wildman–Crippen MR) is 120 cm³/mol. The molecule has 0 aliphatic carbocycles. The first kappa shape index (κ1) is 24.4. The summed E-state index contributed by atoms with van der Waals surface area (Å²) in [6.45, 7) is 2.18. The lowest BCUT2D eigenvalue weighted by Gasteiger charge is -2.43. The van der Waals surface area contributed by atoms with Crippen LogP contribution in [0.5, 0.6) is 5.75 Å². The minimum Gasteiger partial charge on any atom is -0.490 e. The first-order chi connectivity index (χ1) is 16.3. The first-order valence-corrected chi connectivity index (χ1v) is 11.3. The Bertz CT molecular complexity index is 1030. The number of hydrogen-bond donors (Lipinski definition) is 0. The summed E-state index contributed by atoms with van der Waals surface area (Å²) in [5, 5.41) is 0.491. The number of ether oxygens (including phenoxy) is 3. The molecule has 0 radical (unpaired) electrons. The van der Waals surface area contributed by atoms with Gasteiger partial charge in [-0.15, -0.1) is 0 Å². The van der Waals surface area contributed by atoms with Gasteiger partial charge < -0.3 is 24.0 Å². The predicted octanol–water partition coefficient (Wildman–Crippen LogP) is 3.16. The molecule has 0 unspecified atom stereocenters. The Balaban J connectivity index is 1.55. The quantitative estimate of drug-likeness (QED) is 0.617. The Kier molecular flexibility index (Phi) is 7.65. The van der Waals surface area contributed by atoms with E-state index in [1.807, 2.05) is 0 Å². The molecule has 182 valence electrons. The zero-order valence-electron chi connectivity index (χ0n) is 18.5. The van der Waals surface area contributed by atoms with E-state index in [9.17, 15) is 18.4 Å². The van der Waals surface area contributed by atoms with Crippen LogP contribution in [0.15, 0.2) is 42.5 Å². The summed E-state index contributed by atoms with van der Waals surface area (Å²) < 4.78 is 44.7. The van der Waals surface area contributed by atoms with Gasteiger partial charge in [-0.25, -0.2) is 8.78 Å². The SMILES string of the molecule is O=C(C[C@@]1(COc2cccc(Cl)c2)CN(C(=O)c2cc(F)cc(F)c2)CCO1)N1CCOCC1. The Labute approximate surface area is 201 Å². The number of amides is 2. The highest BCUT2D eigenvalue weighted by atomic mass is 35.5. The van der Waals surface area contributed by atoms with Gasteiger partial charge >= 0.3 is 0 Å². The summed E-state index contributed by atoms with van der Waals surface area (Å²) >= 11 is 6.05. The highest BCUT2D eigenvalue weighted by molar-refractivity contribution is 6.30. The molecule has 10 heteroatoms. The third kappa shape index (κ3) is 6.02. The number of nitrogens with zero attached hydrogens (tertiary/aromatic N) is 2. The van der Waals surface area contributed by atoms with Gasteiger partial charge in [0.2, 0.25) is 5.91 Å². The molecule has 0 N–H and O–H groups in total. The summed E-state index contributed by atoms with van der Waals surface area (Å²) in [6.07, 6.45) is -0.0329. The number of hydrogen-bond acceptors (Lipinski definition) is 5. The Morgan fingerprint density at radius 1 is 1.00 bits per heavy atom. The molecule has 0 bridgehead atoms. The van der Waals surface area contributed by atoms with Gasteiger partial charge in [-0.3, -0.25) is 9.59 Å². The Hall–Kier alpha value is -2.75. The monoisotopic (exact) mass is 494 g/mol. The van der Waals surface area contributed by atoms with Crippen molar-refractivity contribution in [3.63, 3.8) is 0 Å². The van der Waals surface area contributed by atoms with Crippen LogP contribution in [-0.2, 0) is 14.3 Å². The molecule has 2 saturated heterocycles. The number of carbonyl (C=O) groups excluding carboxylic acids is 2. The lowest BCUT2D eigenvalue weighted by Crippen LogP contribution is -2.58. The summed E-state index contributed by atoms with van der Waals surface area (Å²) in [6, 6.07) is 9.50. The van der Waals surface area contributed by atoms with Crippen molar-refractivity contribution in [2.24, 2.45) is 0 Å². The number of rotatable bonds is 6. The average Bonchev–Trinajstić information content (AvgIpc) is 2.82. The van der Waals surface area contributed by atoms with Gasteiger partial charge in [0.25, 0.3) is 5.91 Å². The van der Waals surface area contributed by atoms with Gasteiger partial charge in [0.15, 0.2) is 0 Å². The van der Waals surface area contributed by atoms with Gasteiger partial charge in [0.1, 0.15) is 29.6 Å². The van der Waals surface area contributed by atoms with Crippen molar-refractivity contribution in [2.75, 3.05) is 52.6 Å². The van der Waals surface area contributed by atoms with E-state index < -0.39 is 23.1 Å². The van der Waals surface area contributed by atoms with Crippen LogP contribution < -0.4 is 4.74 Å². The standard InChI is InChI=1S/C24H25ClF2N2O5/c25-18-2-1-3-21(12-18)33-16-24(14-22(30)28-4-7-32-8-5-28)15-29(6-9-34-24)23(31)17-10-19(26)13-20(27)11-17/h1-3,10-13H,4-9,14-16H2/t24-/m0/s1. The van der Waals surface area contributed by atoms with Crippen LogP contribution in [0.4, 0.5) is 8.78 Å². The minimum atomic E-state index is -1.16. The Morgan fingerprint density at radius 2 is 1.71 bits per heavy atom. The molecule has 0 aromatic heterocycles. The van der Waals surface area contributed by atoms with E-state index in [0.717, 1.165) is 12.1 Å². The van der Waals surface area contributed by atoms with Gasteiger partial charge in [-0.2, -0.15) is 0 Å². The molecule has 4 rings (SSSR count). The summed E-state index contributed by atoms with van der Waals surface area (Å²) in [4.78, 5) is 29.3. The number of morpholine rings is 2. The molecular formula is C24H25ClF2N2O5. The minimum absolute atomic E-state index is 0.0145. The van der Waals surface area contributed by atoms with E-state index in [1.165, 1.54) is 4.90 Å². The Morgan fingerprint density at radius 3 is 2.41 bits per heavy atom. The maximum atomic E-state index is 13.7. The maximum Gasteiger partial charge on any atom is 0.254 e. The van der Waals surface area contributed by atoms with Crippen molar-refractivity contribution in [2.45, 2.75) is 12.0 Å². The maximum absolute atomic E-state index is 13.7. The van der Waals surface area contributed by atoms with E-state index >= 15 is 0 Å². The van der Waals surface area contributed by atoms with E-state index in [1.54, 1.807) is 29.2 Å². The van der Waals surface area contributed by atoms with Gasteiger partial charge in [0, 0.05) is 36.3 Å². The van der Waals surface area contributed by atoms with Gasteiger partial charge in [0.05, 0.1) is 32.8 Å². The van der Waals surface area contributed by atoms with Crippen LogP contribution in [0.3, 0.4) is 0 Å². The molecule has 2 heterocycles. The van der Waals surface area contributed by atoms with Crippen molar-refractivity contribution < 1.29 is 32.6 Å². The molecule has 2 aliphatic heterocycles. The van der Waals surface area contributed by atoms with Crippen molar-refractivity contribution in [1.29, 1.82) is 0 Å². The molecular weight excluding hydrogens is 470 g/mol. The second-order valence-electron chi connectivity index (χ2n) is 8.33. The fraction of sp³-hybridized carbons (Fsp3) is 0.417. The van der Waals surface area contributed by atoms with Crippen LogP contribution >= 0.6 is 11.6 Å². The smallest absolute Gasteiger partial charge is 0.254 e. The molecule has 34 heavy (non-hydrogen) atoms. The second-order valence-corrected chi connectivity index (χ2v) is 8.77. The third-order valence-electron chi connectivity index (χ3n) is 5.78. The molecule has 7 nitrogen and oxygen atoms in total. The highest BCUT2D eigenvalue weighted by Crippen LogP contribution is 2.27. The van der Waals surface area contributed by atoms with Crippen molar-refractivity contribution in [3.05, 3.63) is 64.7 Å². The van der Waals surface area contributed by atoms with Crippen LogP contribution in [0.1, 0.15) is 16.8 Å². The first-order valence-electron chi connectivity index (χ1n) is 11.0. The second kappa shape index (κ2) is 10.7. The van der Waals surface area contributed by atoms with Crippen LogP contribution in [0, 0.1) is 11.6 Å². The fourth-order valence-corrected chi connectivity index (χ4v) is 4.28. The highest BCUT2D eigenvalue weighted by Gasteiger charge is 2.42. The van der Waals surface area contributed by atoms with E-state index in [4.69, 9.17) is 25.8 Å². The number of halogens is 3. The zero-order valence-corrected chi connectivity index (χ0v) is 19.2. The van der Waals surface area contributed by atoms with Crippen molar-refractivity contribution in [3.8, 4) is 5.75 Å². The van der Waals surface area contributed by atoms with Crippen molar-refractivity contribution in [1.82, 2.24) is 9.80 Å². The van der Waals surface area contributed by atoms with E-state index in [0.29, 0.717) is 43.1 Å². The molecule has 2 aliphatic rings. The third-order valence-corrected chi connectivity index (χ3v) is 6.02. The molecule has 0 saturated carbocycles.